The molecule has 0 saturated heterocycles. The van der Waals surface area contributed by atoms with Crippen molar-refractivity contribution in [1.82, 2.24) is 4.98 Å². The van der Waals surface area contributed by atoms with E-state index in [9.17, 15) is 0 Å². The number of aryl methyl sites for hydroxylation is 1. The van der Waals surface area contributed by atoms with Crippen LogP contribution in [0.4, 0.5) is 11.4 Å². The standard InChI is InChI=1S/C12H13Cl2N3/c1-3-16-12-8(15)5-17-11-7(13)4-6(2)10(14)9(11)12/h4-5H,3,15H2,1-2H3,(H,16,17). The maximum absolute atomic E-state index is 6.32. The van der Waals surface area contributed by atoms with E-state index in [4.69, 9.17) is 28.9 Å². The highest BCUT2D eigenvalue weighted by Gasteiger charge is 2.14. The molecule has 0 aliphatic carbocycles. The van der Waals surface area contributed by atoms with Crippen LogP contribution in [0.3, 0.4) is 0 Å². The van der Waals surface area contributed by atoms with Crippen LogP contribution in [0.25, 0.3) is 10.9 Å². The average Bonchev–Trinajstić information content (AvgIpc) is 2.29. The molecule has 0 aliphatic heterocycles. The van der Waals surface area contributed by atoms with Gasteiger partial charge in [-0.05, 0) is 25.5 Å². The van der Waals surface area contributed by atoms with Gasteiger partial charge >= 0.3 is 0 Å². The zero-order chi connectivity index (χ0) is 12.6. The molecule has 2 aromatic rings. The Bertz CT molecular complexity index is 582. The summed E-state index contributed by atoms with van der Waals surface area (Å²) >= 11 is 12.5. The van der Waals surface area contributed by atoms with Gasteiger partial charge in [0.05, 0.1) is 33.1 Å². The number of fused-ring (bicyclic) bond motifs is 1. The number of hydrogen-bond donors (Lipinski definition) is 2. The monoisotopic (exact) mass is 269 g/mol. The van der Waals surface area contributed by atoms with Gasteiger partial charge in [-0.25, -0.2) is 0 Å². The molecule has 3 N–H and O–H groups in total. The lowest BCUT2D eigenvalue weighted by Gasteiger charge is -2.14. The number of halogens is 2. The minimum absolute atomic E-state index is 0.572. The summed E-state index contributed by atoms with van der Waals surface area (Å²) < 4.78 is 0. The van der Waals surface area contributed by atoms with Gasteiger partial charge < -0.3 is 11.1 Å². The summed E-state index contributed by atoms with van der Waals surface area (Å²) in [5.74, 6) is 0. The summed E-state index contributed by atoms with van der Waals surface area (Å²) in [6.45, 7) is 4.66. The van der Waals surface area contributed by atoms with Crippen LogP contribution in [-0.4, -0.2) is 11.5 Å². The van der Waals surface area contributed by atoms with Gasteiger partial charge in [-0.15, -0.1) is 0 Å². The summed E-state index contributed by atoms with van der Waals surface area (Å²) in [4.78, 5) is 4.24. The van der Waals surface area contributed by atoms with Gasteiger partial charge in [0.2, 0.25) is 0 Å². The molecule has 0 radical (unpaired) electrons. The van der Waals surface area contributed by atoms with E-state index in [2.05, 4.69) is 10.3 Å². The number of nitrogens with one attached hydrogen (secondary N) is 1. The van der Waals surface area contributed by atoms with Crippen molar-refractivity contribution >= 4 is 45.5 Å². The minimum atomic E-state index is 0.572. The highest BCUT2D eigenvalue weighted by atomic mass is 35.5. The Labute approximate surface area is 110 Å². The SMILES string of the molecule is CCNc1c(N)cnc2c(Cl)cc(C)c(Cl)c12. The average molecular weight is 270 g/mol. The van der Waals surface area contributed by atoms with Gasteiger partial charge in [-0.2, -0.15) is 0 Å². The van der Waals surface area contributed by atoms with E-state index in [0.29, 0.717) is 21.2 Å². The molecule has 3 nitrogen and oxygen atoms in total. The van der Waals surface area contributed by atoms with Gasteiger partial charge in [-0.3, -0.25) is 4.98 Å². The van der Waals surface area contributed by atoms with E-state index < -0.39 is 0 Å². The molecule has 0 fully saturated rings. The lowest BCUT2D eigenvalue weighted by molar-refractivity contribution is 1.21. The fourth-order valence-corrected chi connectivity index (χ4v) is 2.35. The molecule has 1 aromatic heterocycles. The van der Waals surface area contributed by atoms with Gasteiger partial charge in [0.25, 0.3) is 0 Å². The molecule has 0 aliphatic rings. The summed E-state index contributed by atoms with van der Waals surface area (Å²) in [5.41, 5.74) is 8.87. The molecular formula is C12H13Cl2N3. The fraction of sp³-hybridized carbons (Fsp3) is 0.250. The third-order valence-electron chi connectivity index (χ3n) is 2.60. The van der Waals surface area contributed by atoms with Crippen LogP contribution in [0.15, 0.2) is 12.3 Å². The van der Waals surface area contributed by atoms with Crippen LogP contribution >= 0.6 is 23.2 Å². The van der Waals surface area contributed by atoms with Crippen LogP contribution in [0, 0.1) is 6.92 Å². The number of anilines is 2. The Kier molecular flexibility index (Phi) is 3.31. The number of rotatable bonds is 2. The summed E-state index contributed by atoms with van der Waals surface area (Å²) in [5, 5.41) is 5.22. The molecule has 0 unspecified atom stereocenters. The lowest BCUT2D eigenvalue weighted by atomic mass is 10.1. The number of pyridine rings is 1. The van der Waals surface area contributed by atoms with E-state index in [1.165, 1.54) is 0 Å². The first-order valence-electron chi connectivity index (χ1n) is 5.33. The zero-order valence-corrected chi connectivity index (χ0v) is 11.2. The van der Waals surface area contributed by atoms with Gasteiger partial charge in [-0.1, -0.05) is 23.2 Å². The first kappa shape index (κ1) is 12.3. The summed E-state index contributed by atoms with van der Waals surface area (Å²) in [7, 11) is 0. The van der Waals surface area contributed by atoms with Crippen LogP contribution in [-0.2, 0) is 0 Å². The molecule has 1 aromatic carbocycles. The zero-order valence-electron chi connectivity index (χ0n) is 9.64. The molecule has 17 heavy (non-hydrogen) atoms. The second-order valence-electron chi connectivity index (χ2n) is 3.83. The Morgan fingerprint density at radius 3 is 2.76 bits per heavy atom. The fourth-order valence-electron chi connectivity index (χ4n) is 1.81. The third kappa shape index (κ3) is 2.01. The van der Waals surface area contributed by atoms with E-state index in [0.717, 1.165) is 23.2 Å². The number of hydrogen-bond acceptors (Lipinski definition) is 3. The number of aromatic nitrogens is 1. The predicted octanol–water partition coefficient (Wildman–Crippen LogP) is 3.86. The molecule has 2 rings (SSSR count). The van der Waals surface area contributed by atoms with Crippen molar-refractivity contribution in [3.8, 4) is 0 Å². The largest absolute Gasteiger partial charge is 0.396 e. The first-order chi connectivity index (χ1) is 8.06. The van der Waals surface area contributed by atoms with Crippen molar-refractivity contribution in [3.05, 3.63) is 27.9 Å². The molecule has 90 valence electrons. The third-order valence-corrected chi connectivity index (χ3v) is 3.37. The maximum atomic E-state index is 6.32. The molecule has 1 heterocycles. The lowest BCUT2D eigenvalue weighted by Crippen LogP contribution is -2.03. The molecule has 0 saturated carbocycles. The normalized spacial score (nSPS) is 10.8. The van der Waals surface area contributed by atoms with Crippen molar-refractivity contribution in [1.29, 1.82) is 0 Å². The van der Waals surface area contributed by atoms with E-state index in [1.807, 2.05) is 19.9 Å². The first-order valence-corrected chi connectivity index (χ1v) is 6.08. The van der Waals surface area contributed by atoms with Gasteiger partial charge in [0.15, 0.2) is 0 Å². The second-order valence-corrected chi connectivity index (χ2v) is 4.62. The van der Waals surface area contributed by atoms with Crippen LogP contribution in [0.2, 0.25) is 10.0 Å². The Morgan fingerprint density at radius 2 is 2.12 bits per heavy atom. The van der Waals surface area contributed by atoms with Gasteiger partial charge in [0.1, 0.15) is 0 Å². The highest BCUT2D eigenvalue weighted by Crippen LogP contribution is 2.38. The van der Waals surface area contributed by atoms with Crippen LogP contribution in [0.5, 0.6) is 0 Å². The van der Waals surface area contributed by atoms with Crippen molar-refractivity contribution in [2.45, 2.75) is 13.8 Å². The summed E-state index contributed by atoms with van der Waals surface area (Å²) in [6, 6.07) is 1.81. The molecule has 0 atom stereocenters. The Morgan fingerprint density at radius 1 is 1.41 bits per heavy atom. The number of benzene rings is 1. The smallest absolute Gasteiger partial charge is 0.0925 e. The molecule has 5 heteroatoms. The number of nitrogens with zero attached hydrogens (tertiary/aromatic N) is 1. The summed E-state index contributed by atoms with van der Waals surface area (Å²) in [6.07, 6.45) is 1.60. The van der Waals surface area contributed by atoms with Gasteiger partial charge in [0, 0.05) is 11.9 Å². The number of nitrogens with two attached hydrogens (primary N) is 1. The maximum Gasteiger partial charge on any atom is 0.0925 e. The Balaban J connectivity index is 2.91. The molecule has 0 spiro atoms. The second kappa shape index (κ2) is 4.59. The molecule has 0 amide bonds. The number of nitrogen functional groups attached to an aromatic ring is 1. The topological polar surface area (TPSA) is 50.9 Å². The molecular weight excluding hydrogens is 257 g/mol. The minimum Gasteiger partial charge on any atom is -0.396 e. The van der Waals surface area contributed by atoms with E-state index in [-0.39, 0.29) is 0 Å². The van der Waals surface area contributed by atoms with Crippen LogP contribution < -0.4 is 11.1 Å². The van der Waals surface area contributed by atoms with Crippen molar-refractivity contribution in [2.24, 2.45) is 0 Å². The molecule has 0 bridgehead atoms. The Hall–Kier alpha value is -1.19. The van der Waals surface area contributed by atoms with Crippen molar-refractivity contribution in [2.75, 3.05) is 17.6 Å². The highest BCUT2D eigenvalue weighted by molar-refractivity contribution is 6.41. The van der Waals surface area contributed by atoms with Crippen molar-refractivity contribution in [3.63, 3.8) is 0 Å². The van der Waals surface area contributed by atoms with Crippen LogP contribution in [0.1, 0.15) is 12.5 Å². The van der Waals surface area contributed by atoms with E-state index >= 15 is 0 Å². The predicted molar refractivity (Wildman–Crippen MR) is 75.1 cm³/mol. The van der Waals surface area contributed by atoms with E-state index in [1.54, 1.807) is 6.20 Å². The van der Waals surface area contributed by atoms with Crippen molar-refractivity contribution < 1.29 is 0 Å². The quantitative estimate of drug-likeness (QED) is 0.871.